The van der Waals surface area contributed by atoms with Crippen molar-refractivity contribution in [3.63, 3.8) is 0 Å². The Bertz CT molecular complexity index is 1220. The number of Topliss-reactive ketones (excluding diaryl/α,β-unsaturated/α-hetero) is 1. The molecule has 1 heterocycles. The third-order valence-electron chi connectivity index (χ3n) is 8.18. The zero-order valence-corrected chi connectivity index (χ0v) is 25.2. The van der Waals surface area contributed by atoms with E-state index >= 15 is 0 Å². The molecule has 2 aromatic carbocycles. The van der Waals surface area contributed by atoms with Gasteiger partial charge in [-0.15, -0.1) is 0 Å². The van der Waals surface area contributed by atoms with Crippen LogP contribution in [0.25, 0.3) is 0 Å². The maximum Gasteiger partial charge on any atom is 0.318 e. The van der Waals surface area contributed by atoms with Crippen molar-refractivity contribution >= 4 is 29.3 Å². The van der Waals surface area contributed by atoms with Crippen LogP contribution in [-0.2, 0) is 30.5 Å². The number of para-hydroxylation sites is 1. The second-order valence-electron chi connectivity index (χ2n) is 11.5. The van der Waals surface area contributed by atoms with Gasteiger partial charge in [0.15, 0.2) is 0 Å². The number of urea groups is 1. The Balaban J connectivity index is 1.49. The molecule has 0 spiro atoms. The van der Waals surface area contributed by atoms with Gasteiger partial charge < -0.3 is 30.3 Å². The topological polar surface area (TPSA) is 126 Å². The first-order valence-electron chi connectivity index (χ1n) is 15.3. The largest absolute Gasteiger partial charge is 0.378 e. The maximum absolute atomic E-state index is 13.8. The van der Waals surface area contributed by atoms with Gasteiger partial charge in [0.1, 0.15) is 12.1 Å². The van der Waals surface area contributed by atoms with E-state index in [1.165, 1.54) is 0 Å². The summed E-state index contributed by atoms with van der Waals surface area (Å²) in [5, 5.41) is 8.40. The van der Waals surface area contributed by atoms with Gasteiger partial charge in [-0.1, -0.05) is 80.6 Å². The van der Waals surface area contributed by atoms with Crippen molar-refractivity contribution in [1.29, 1.82) is 0 Å². The Morgan fingerprint density at radius 3 is 2.23 bits per heavy atom. The highest BCUT2D eigenvalue weighted by molar-refractivity contribution is 6.42. The monoisotopic (exact) mass is 592 g/mol. The Kier molecular flexibility index (Phi) is 12.1. The lowest BCUT2D eigenvalue weighted by Crippen LogP contribution is -2.57. The first-order valence-corrected chi connectivity index (χ1v) is 15.3. The normalized spacial score (nSPS) is 17.0. The third-order valence-corrected chi connectivity index (χ3v) is 8.18. The van der Waals surface area contributed by atoms with Crippen LogP contribution in [0.1, 0.15) is 55.2 Å². The summed E-state index contributed by atoms with van der Waals surface area (Å²) >= 11 is 0. The molecule has 3 N–H and O–H groups in total. The zero-order valence-electron chi connectivity index (χ0n) is 25.2. The summed E-state index contributed by atoms with van der Waals surface area (Å²) in [6, 6.07) is 12.6. The molecule has 2 fully saturated rings. The molecular formula is C33H44N4O6. The SMILES string of the molecule is Cc1cccc(C)c1NC(=O)C(=O)[C@@H](COCc1ccccc1)NC(=O)[C@H](CC1CCCCC1)NC(=O)N1CCOCC1. The molecule has 2 aromatic rings. The lowest BCUT2D eigenvalue weighted by molar-refractivity contribution is -0.139. The molecule has 4 amide bonds. The van der Waals surface area contributed by atoms with Gasteiger partial charge in [-0.3, -0.25) is 14.4 Å². The van der Waals surface area contributed by atoms with Crippen LogP contribution >= 0.6 is 0 Å². The van der Waals surface area contributed by atoms with Crippen molar-refractivity contribution in [3.8, 4) is 0 Å². The number of hydrogen-bond donors (Lipinski definition) is 3. The van der Waals surface area contributed by atoms with Gasteiger partial charge in [0.05, 0.1) is 26.4 Å². The van der Waals surface area contributed by atoms with Crippen LogP contribution in [0.2, 0.25) is 0 Å². The second kappa shape index (κ2) is 16.2. The molecule has 10 heteroatoms. The minimum atomic E-state index is -1.24. The number of morpholine rings is 1. The molecule has 0 aromatic heterocycles. The summed E-state index contributed by atoms with van der Waals surface area (Å²) < 4.78 is 11.2. The first kappa shape index (κ1) is 32.2. The molecule has 4 rings (SSSR count). The third kappa shape index (κ3) is 9.62. The number of ketones is 1. The number of rotatable bonds is 12. The lowest BCUT2D eigenvalue weighted by atomic mass is 9.84. The van der Waals surface area contributed by atoms with Crippen LogP contribution in [0.3, 0.4) is 0 Å². The van der Waals surface area contributed by atoms with E-state index in [1.54, 1.807) is 4.90 Å². The van der Waals surface area contributed by atoms with Crippen molar-refractivity contribution in [2.75, 3.05) is 38.2 Å². The van der Waals surface area contributed by atoms with Gasteiger partial charge in [0, 0.05) is 18.8 Å². The van der Waals surface area contributed by atoms with E-state index in [2.05, 4.69) is 16.0 Å². The van der Waals surface area contributed by atoms with Crippen LogP contribution in [0.4, 0.5) is 10.5 Å². The molecule has 1 saturated carbocycles. The van der Waals surface area contributed by atoms with Gasteiger partial charge in [0.2, 0.25) is 11.7 Å². The van der Waals surface area contributed by atoms with Crippen molar-refractivity contribution in [1.82, 2.24) is 15.5 Å². The number of hydrogen-bond acceptors (Lipinski definition) is 6. The molecular weight excluding hydrogens is 548 g/mol. The number of nitrogens with zero attached hydrogens (tertiary/aromatic N) is 1. The highest BCUT2D eigenvalue weighted by Crippen LogP contribution is 2.27. The Morgan fingerprint density at radius 2 is 1.56 bits per heavy atom. The quantitative estimate of drug-likeness (QED) is 0.321. The summed E-state index contributed by atoms with van der Waals surface area (Å²) in [6.07, 6.45) is 5.77. The van der Waals surface area contributed by atoms with Crippen molar-refractivity contribution in [2.45, 2.75) is 71.1 Å². The van der Waals surface area contributed by atoms with Gasteiger partial charge in [-0.05, 0) is 42.9 Å². The molecule has 1 saturated heterocycles. The zero-order chi connectivity index (χ0) is 30.6. The van der Waals surface area contributed by atoms with E-state index in [0.29, 0.717) is 38.4 Å². The van der Waals surface area contributed by atoms with Gasteiger partial charge >= 0.3 is 6.03 Å². The Morgan fingerprint density at radius 1 is 0.884 bits per heavy atom. The van der Waals surface area contributed by atoms with Crippen molar-refractivity contribution in [3.05, 3.63) is 65.2 Å². The lowest BCUT2D eigenvalue weighted by Gasteiger charge is -2.31. The molecule has 2 aliphatic rings. The average molecular weight is 593 g/mol. The van der Waals surface area contributed by atoms with E-state index in [4.69, 9.17) is 9.47 Å². The standard InChI is InChI=1S/C33H44N4O6/c1-23-10-9-11-24(2)29(23)36-32(40)30(38)28(22-43-21-26-14-7-4-8-15-26)34-31(39)27(20-25-12-5-3-6-13-25)35-33(41)37-16-18-42-19-17-37/h4,7-11,14-15,25,27-28H,3,5-6,12-13,16-22H2,1-2H3,(H,34,39)(H,35,41)(H,36,40)/t27-,28+/m0/s1. The molecule has 1 aliphatic heterocycles. The van der Waals surface area contributed by atoms with Crippen LogP contribution in [0, 0.1) is 19.8 Å². The van der Waals surface area contributed by atoms with Gasteiger partial charge in [-0.2, -0.15) is 0 Å². The fraction of sp³-hybridized carbons (Fsp3) is 0.515. The number of amides is 4. The smallest absolute Gasteiger partial charge is 0.318 e. The fourth-order valence-corrected chi connectivity index (χ4v) is 5.66. The summed E-state index contributed by atoms with van der Waals surface area (Å²) in [6.45, 7) is 5.47. The molecule has 0 bridgehead atoms. The Hall–Kier alpha value is -3.76. The van der Waals surface area contributed by atoms with Crippen molar-refractivity contribution < 1.29 is 28.7 Å². The van der Waals surface area contributed by atoms with E-state index in [0.717, 1.165) is 48.8 Å². The highest BCUT2D eigenvalue weighted by Gasteiger charge is 2.33. The highest BCUT2D eigenvalue weighted by atomic mass is 16.5. The predicted molar refractivity (Wildman–Crippen MR) is 163 cm³/mol. The van der Waals surface area contributed by atoms with Crippen LogP contribution in [0.5, 0.6) is 0 Å². The molecule has 1 aliphatic carbocycles. The number of ether oxygens (including phenoxy) is 2. The number of benzene rings is 2. The number of aryl methyl sites for hydroxylation is 2. The number of nitrogens with one attached hydrogen (secondary N) is 3. The van der Waals surface area contributed by atoms with E-state index in [9.17, 15) is 19.2 Å². The molecule has 0 radical (unpaired) electrons. The summed E-state index contributed by atoms with van der Waals surface area (Å²) in [5.41, 5.74) is 3.10. The minimum absolute atomic E-state index is 0.201. The summed E-state index contributed by atoms with van der Waals surface area (Å²) in [4.78, 5) is 55.2. The van der Waals surface area contributed by atoms with Crippen molar-refractivity contribution in [2.24, 2.45) is 5.92 Å². The number of carbonyl (C=O) groups is 4. The van der Waals surface area contributed by atoms with E-state index < -0.39 is 29.7 Å². The van der Waals surface area contributed by atoms with Crippen LogP contribution < -0.4 is 16.0 Å². The molecule has 232 valence electrons. The molecule has 2 atom stereocenters. The minimum Gasteiger partial charge on any atom is -0.378 e. The first-order chi connectivity index (χ1) is 20.8. The summed E-state index contributed by atoms with van der Waals surface area (Å²) in [5.74, 6) is -1.88. The number of carbonyl (C=O) groups excluding carboxylic acids is 4. The number of anilines is 1. The second-order valence-corrected chi connectivity index (χ2v) is 11.5. The van der Waals surface area contributed by atoms with Gasteiger partial charge in [-0.25, -0.2) is 4.79 Å². The van der Waals surface area contributed by atoms with Gasteiger partial charge in [0.25, 0.3) is 5.91 Å². The fourth-order valence-electron chi connectivity index (χ4n) is 5.66. The van der Waals surface area contributed by atoms with Crippen LogP contribution in [0.15, 0.2) is 48.5 Å². The average Bonchev–Trinajstić information content (AvgIpc) is 3.03. The Labute approximate surface area is 253 Å². The van der Waals surface area contributed by atoms with E-state index in [-0.39, 0.29) is 25.2 Å². The van der Waals surface area contributed by atoms with Crippen LogP contribution in [-0.4, -0.2) is 73.5 Å². The predicted octanol–water partition coefficient (Wildman–Crippen LogP) is 3.89. The molecule has 43 heavy (non-hydrogen) atoms. The maximum atomic E-state index is 13.8. The molecule has 10 nitrogen and oxygen atoms in total. The van der Waals surface area contributed by atoms with E-state index in [1.807, 2.05) is 62.4 Å². The summed E-state index contributed by atoms with van der Waals surface area (Å²) in [7, 11) is 0. The molecule has 0 unspecified atom stereocenters.